The van der Waals surface area contributed by atoms with E-state index in [9.17, 15) is 15.0 Å². The molecule has 1 aromatic heterocycles. The Labute approximate surface area is 198 Å². The lowest BCUT2D eigenvalue weighted by atomic mass is 9.98. The molecule has 0 spiro atoms. The summed E-state index contributed by atoms with van der Waals surface area (Å²) in [4.78, 5) is 11.2. The molecule has 1 atom stereocenters. The molecule has 6 heteroatoms. The maximum Gasteiger partial charge on any atom is 0.307 e. The summed E-state index contributed by atoms with van der Waals surface area (Å²) in [7, 11) is 0. The quantitative estimate of drug-likeness (QED) is 0.385. The number of carbonyl (C=O) groups is 1. The lowest BCUT2D eigenvalue weighted by Crippen LogP contribution is -2.06. The fourth-order valence-electron chi connectivity index (χ4n) is 4.74. The van der Waals surface area contributed by atoms with Gasteiger partial charge in [-0.3, -0.25) is 9.48 Å². The summed E-state index contributed by atoms with van der Waals surface area (Å²) in [5, 5.41) is 25.4. The summed E-state index contributed by atoms with van der Waals surface area (Å²) in [5.41, 5.74) is 6.84. The monoisotopic (exact) mass is 456 g/mol. The number of rotatable bonds is 7. The Hall–Kier alpha value is -3.64. The minimum atomic E-state index is -0.894. The highest BCUT2D eigenvalue weighted by Crippen LogP contribution is 2.35. The Morgan fingerprint density at radius 3 is 2.68 bits per heavy atom. The number of aliphatic hydroxyl groups is 1. The second-order valence-electron chi connectivity index (χ2n) is 9.15. The van der Waals surface area contributed by atoms with Gasteiger partial charge in [0.15, 0.2) is 0 Å². The first kappa shape index (κ1) is 22.2. The summed E-state index contributed by atoms with van der Waals surface area (Å²) in [5.74, 6) is -0.337. The molecule has 6 nitrogen and oxygen atoms in total. The van der Waals surface area contributed by atoms with E-state index in [1.807, 2.05) is 16.8 Å². The number of aryl methyl sites for hydroxylation is 1. The number of benzene rings is 3. The van der Waals surface area contributed by atoms with Gasteiger partial charge in [-0.05, 0) is 73.2 Å². The predicted octanol–water partition coefficient (Wildman–Crippen LogP) is 5.47. The minimum Gasteiger partial charge on any atom is -0.487 e. The number of aromatic nitrogens is 2. The van der Waals surface area contributed by atoms with Gasteiger partial charge < -0.3 is 14.9 Å². The third-order valence-electron chi connectivity index (χ3n) is 6.48. The van der Waals surface area contributed by atoms with E-state index in [1.54, 1.807) is 12.1 Å². The molecule has 4 aromatic rings. The number of para-hydroxylation sites is 1. The molecule has 1 aliphatic carbocycles. The molecule has 1 aliphatic rings. The number of ether oxygens (including phenoxy) is 1. The standard InChI is InChI=1S/C28H28N2O4/c1-17(2)30-25-11-9-20(19-8-7-18-10-12-26(31)22(18)13-19)14-23(25)24(29-30)16-34-27-6-4-3-5-21(27)15-28(32)33/h3-9,11,13-14,17,26,31H,10,12,15-16H2,1-2H3,(H,32,33). The lowest BCUT2D eigenvalue weighted by molar-refractivity contribution is -0.136. The van der Waals surface area contributed by atoms with Crippen LogP contribution in [0.4, 0.5) is 0 Å². The molecule has 0 saturated heterocycles. The second kappa shape index (κ2) is 8.95. The molecule has 0 aliphatic heterocycles. The van der Waals surface area contributed by atoms with Gasteiger partial charge in [-0.2, -0.15) is 5.10 Å². The first-order valence-electron chi connectivity index (χ1n) is 11.7. The van der Waals surface area contributed by atoms with Crippen molar-refractivity contribution in [2.75, 3.05) is 0 Å². The van der Waals surface area contributed by atoms with Crippen molar-refractivity contribution in [2.45, 2.75) is 51.9 Å². The maximum atomic E-state index is 11.2. The van der Waals surface area contributed by atoms with E-state index >= 15 is 0 Å². The Bertz CT molecular complexity index is 1370. The van der Waals surface area contributed by atoms with Gasteiger partial charge in [0.2, 0.25) is 0 Å². The van der Waals surface area contributed by atoms with Crippen molar-refractivity contribution in [1.29, 1.82) is 0 Å². The SMILES string of the molecule is CC(C)n1nc(COc2ccccc2CC(=O)O)c2cc(-c3ccc4c(c3)C(O)CC4)ccc21. The van der Waals surface area contributed by atoms with Crippen molar-refractivity contribution in [3.05, 3.63) is 83.0 Å². The van der Waals surface area contributed by atoms with Crippen LogP contribution in [0.2, 0.25) is 0 Å². The molecule has 174 valence electrons. The van der Waals surface area contributed by atoms with Gasteiger partial charge in [0, 0.05) is 17.0 Å². The van der Waals surface area contributed by atoms with Gasteiger partial charge in [-0.25, -0.2) is 0 Å². The summed E-state index contributed by atoms with van der Waals surface area (Å²) >= 11 is 0. The Morgan fingerprint density at radius 2 is 1.88 bits per heavy atom. The molecule has 0 amide bonds. The number of hydrogen-bond donors (Lipinski definition) is 2. The molecular weight excluding hydrogens is 428 g/mol. The molecule has 2 N–H and O–H groups in total. The van der Waals surface area contributed by atoms with Gasteiger partial charge in [-0.1, -0.05) is 36.4 Å². The van der Waals surface area contributed by atoms with Crippen molar-refractivity contribution in [3.8, 4) is 16.9 Å². The van der Waals surface area contributed by atoms with Crippen molar-refractivity contribution in [3.63, 3.8) is 0 Å². The van der Waals surface area contributed by atoms with Crippen LogP contribution in [-0.2, 0) is 24.2 Å². The van der Waals surface area contributed by atoms with Crippen LogP contribution in [-0.4, -0.2) is 26.0 Å². The van der Waals surface area contributed by atoms with Crippen LogP contribution in [0.1, 0.15) is 54.8 Å². The summed E-state index contributed by atoms with van der Waals surface area (Å²) < 4.78 is 8.07. The zero-order valence-electron chi connectivity index (χ0n) is 19.4. The number of aliphatic carboxylic acids is 1. The van der Waals surface area contributed by atoms with Crippen LogP contribution in [0.15, 0.2) is 60.7 Å². The van der Waals surface area contributed by atoms with Crippen LogP contribution in [0, 0.1) is 0 Å². The van der Waals surface area contributed by atoms with E-state index < -0.39 is 12.1 Å². The van der Waals surface area contributed by atoms with Crippen LogP contribution in [0.25, 0.3) is 22.0 Å². The third-order valence-corrected chi connectivity index (χ3v) is 6.48. The molecule has 1 heterocycles. The maximum absolute atomic E-state index is 11.2. The Morgan fingerprint density at radius 1 is 1.12 bits per heavy atom. The first-order valence-corrected chi connectivity index (χ1v) is 11.7. The van der Waals surface area contributed by atoms with Crippen molar-refractivity contribution >= 4 is 16.9 Å². The molecule has 0 bridgehead atoms. The molecular formula is C28H28N2O4. The van der Waals surface area contributed by atoms with E-state index in [0.29, 0.717) is 11.3 Å². The third kappa shape index (κ3) is 4.17. The van der Waals surface area contributed by atoms with Crippen LogP contribution in [0.3, 0.4) is 0 Å². The van der Waals surface area contributed by atoms with Gasteiger partial charge in [0.05, 0.1) is 18.0 Å². The predicted molar refractivity (Wildman–Crippen MR) is 131 cm³/mol. The first-order chi connectivity index (χ1) is 16.4. The second-order valence-corrected chi connectivity index (χ2v) is 9.15. The molecule has 5 rings (SSSR count). The fraction of sp³-hybridized carbons (Fsp3) is 0.286. The summed E-state index contributed by atoms with van der Waals surface area (Å²) in [6.07, 6.45) is 1.22. The van der Waals surface area contributed by atoms with Gasteiger partial charge >= 0.3 is 5.97 Å². The van der Waals surface area contributed by atoms with Gasteiger partial charge in [-0.15, -0.1) is 0 Å². The average Bonchev–Trinajstić information content (AvgIpc) is 3.38. The van der Waals surface area contributed by atoms with E-state index in [-0.39, 0.29) is 19.1 Å². The highest BCUT2D eigenvalue weighted by Gasteiger charge is 2.21. The molecule has 0 radical (unpaired) electrons. The molecule has 3 aromatic carbocycles. The average molecular weight is 457 g/mol. The number of carboxylic acid groups (broad SMARTS) is 1. The highest BCUT2D eigenvalue weighted by molar-refractivity contribution is 5.87. The molecule has 34 heavy (non-hydrogen) atoms. The van der Waals surface area contributed by atoms with Crippen molar-refractivity contribution < 1.29 is 19.7 Å². The Balaban J connectivity index is 1.51. The van der Waals surface area contributed by atoms with Crippen LogP contribution >= 0.6 is 0 Å². The molecule has 1 unspecified atom stereocenters. The van der Waals surface area contributed by atoms with Gasteiger partial charge in [0.25, 0.3) is 0 Å². The molecule has 0 saturated carbocycles. The fourth-order valence-corrected chi connectivity index (χ4v) is 4.74. The van der Waals surface area contributed by atoms with Crippen LogP contribution in [0.5, 0.6) is 5.75 Å². The topological polar surface area (TPSA) is 84.6 Å². The Kier molecular flexibility index (Phi) is 5.84. The number of aliphatic hydroxyl groups excluding tert-OH is 1. The normalized spacial score (nSPS) is 15.1. The smallest absolute Gasteiger partial charge is 0.307 e. The summed E-state index contributed by atoms with van der Waals surface area (Å²) in [6, 6.07) is 20.0. The lowest BCUT2D eigenvalue weighted by Gasteiger charge is -2.10. The number of carboxylic acids is 1. The zero-order valence-corrected chi connectivity index (χ0v) is 19.4. The van der Waals surface area contributed by atoms with Crippen LogP contribution < -0.4 is 4.74 Å². The zero-order chi connectivity index (χ0) is 23.8. The van der Waals surface area contributed by atoms with E-state index in [0.717, 1.165) is 46.1 Å². The number of fused-ring (bicyclic) bond motifs is 2. The molecule has 0 fully saturated rings. The van der Waals surface area contributed by atoms with Crippen molar-refractivity contribution in [1.82, 2.24) is 9.78 Å². The van der Waals surface area contributed by atoms with E-state index in [2.05, 4.69) is 50.2 Å². The summed E-state index contributed by atoms with van der Waals surface area (Å²) in [6.45, 7) is 4.42. The van der Waals surface area contributed by atoms with E-state index in [1.165, 1.54) is 5.56 Å². The van der Waals surface area contributed by atoms with Gasteiger partial charge in [0.1, 0.15) is 18.1 Å². The van der Waals surface area contributed by atoms with Crippen molar-refractivity contribution in [2.24, 2.45) is 0 Å². The number of nitrogens with zero attached hydrogens (tertiary/aromatic N) is 2. The number of hydrogen-bond acceptors (Lipinski definition) is 4. The minimum absolute atomic E-state index is 0.0916. The highest BCUT2D eigenvalue weighted by atomic mass is 16.5. The largest absolute Gasteiger partial charge is 0.487 e. The van der Waals surface area contributed by atoms with E-state index in [4.69, 9.17) is 9.84 Å².